The number of carbonyl (C=O) groups is 2. The second kappa shape index (κ2) is 4.13. The molecule has 6 heteroatoms. The van der Waals surface area contributed by atoms with E-state index in [1.807, 2.05) is 0 Å². The topological polar surface area (TPSA) is 83.5 Å². The SMILES string of the molecule is CC(=O)OC(=O)CS(=O)[O-]. The fraction of sp³-hybridized carbons (Fsp3) is 0.500. The lowest BCUT2D eigenvalue weighted by atomic mass is 10.7. The summed E-state index contributed by atoms with van der Waals surface area (Å²) in [6.45, 7) is 1.02. The summed E-state index contributed by atoms with van der Waals surface area (Å²) in [5.41, 5.74) is 0. The zero-order chi connectivity index (χ0) is 8.15. The Morgan fingerprint density at radius 1 is 1.60 bits per heavy atom. The average molecular weight is 165 g/mol. The van der Waals surface area contributed by atoms with Crippen LogP contribution in [0.4, 0.5) is 0 Å². The van der Waals surface area contributed by atoms with Gasteiger partial charge in [0.2, 0.25) is 0 Å². The molecule has 0 spiro atoms. The molecule has 0 aromatic rings. The van der Waals surface area contributed by atoms with E-state index in [1.54, 1.807) is 0 Å². The van der Waals surface area contributed by atoms with E-state index >= 15 is 0 Å². The highest BCUT2D eigenvalue weighted by molar-refractivity contribution is 7.79. The third-order valence-electron chi connectivity index (χ3n) is 0.493. The summed E-state index contributed by atoms with van der Waals surface area (Å²) in [7, 11) is 0. The van der Waals surface area contributed by atoms with Gasteiger partial charge in [0.15, 0.2) is 0 Å². The number of carbonyl (C=O) groups excluding carboxylic acids is 2. The van der Waals surface area contributed by atoms with E-state index < -0.39 is 28.8 Å². The molecule has 0 rings (SSSR count). The van der Waals surface area contributed by atoms with Crippen LogP contribution in [0.25, 0.3) is 0 Å². The molecule has 0 aliphatic heterocycles. The van der Waals surface area contributed by atoms with Gasteiger partial charge >= 0.3 is 11.9 Å². The van der Waals surface area contributed by atoms with Crippen molar-refractivity contribution in [3.05, 3.63) is 0 Å². The van der Waals surface area contributed by atoms with Crippen molar-refractivity contribution in [3.63, 3.8) is 0 Å². The third-order valence-corrected chi connectivity index (χ3v) is 0.965. The Labute approximate surface area is 59.6 Å². The van der Waals surface area contributed by atoms with Crippen LogP contribution in [0.5, 0.6) is 0 Å². The molecular formula is C4H5O5S-. The summed E-state index contributed by atoms with van der Waals surface area (Å²) in [5.74, 6) is -2.64. The van der Waals surface area contributed by atoms with Crippen molar-refractivity contribution in [1.82, 2.24) is 0 Å². The number of hydrogen-bond acceptors (Lipinski definition) is 5. The van der Waals surface area contributed by atoms with Crippen molar-refractivity contribution in [1.29, 1.82) is 0 Å². The van der Waals surface area contributed by atoms with Gasteiger partial charge in [0.05, 0.1) is 0 Å². The highest BCUT2D eigenvalue weighted by Crippen LogP contribution is 1.82. The molecule has 0 amide bonds. The molecule has 1 atom stereocenters. The first-order valence-corrected chi connectivity index (χ1v) is 3.54. The second-order valence-electron chi connectivity index (χ2n) is 1.41. The maximum Gasteiger partial charge on any atom is 0.324 e. The van der Waals surface area contributed by atoms with Crippen molar-refractivity contribution < 1.29 is 23.1 Å². The minimum atomic E-state index is -2.49. The largest absolute Gasteiger partial charge is 0.772 e. The summed E-state index contributed by atoms with van der Waals surface area (Å²) < 4.78 is 23.4. The Kier molecular flexibility index (Phi) is 3.82. The molecule has 0 bridgehead atoms. The van der Waals surface area contributed by atoms with Crippen LogP contribution >= 0.6 is 0 Å². The number of ether oxygens (including phenoxy) is 1. The van der Waals surface area contributed by atoms with E-state index in [4.69, 9.17) is 0 Å². The Balaban J connectivity index is 3.65. The summed E-state index contributed by atoms with van der Waals surface area (Å²) >= 11 is -2.49. The Bertz CT molecular complexity index is 156. The monoisotopic (exact) mass is 165 g/mol. The maximum absolute atomic E-state index is 10.2. The van der Waals surface area contributed by atoms with Crippen molar-refractivity contribution >= 4 is 23.0 Å². The van der Waals surface area contributed by atoms with Gasteiger partial charge in [0.1, 0.15) is 5.75 Å². The van der Waals surface area contributed by atoms with E-state index in [0.29, 0.717) is 0 Å². The molecule has 0 heterocycles. The predicted molar refractivity (Wildman–Crippen MR) is 30.6 cm³/mol. The summed E-state index contributed by atoms with van der Waals surface area (Å²) in [6, 6.07) is 0. The van der Waals surface area contributed by atoms with Crippen LogP contribution in [0.15, 0.2) is 0 Å². The molecule has 0 aromatic heterocycles. The Morgan fingerprint density at radius 3 is 2.40 bits per heavy atom. The highest BCUT2D eigenvalue weighted by atomic mass is 32.2. The van der Waals surface area contributed by atoms with Crippen LogP contribution in [-0.4, -0.2) is 26.5 Å². The minimum absolute atomic E-state index is 0.778. The van der Waals surface area contributed by atoms with E-state index in [9.17, 15) is 18.4 Å². The number of hydrogen-bond donors (Lipinski definition) is 0. The van der Waals surface area contributed by atoms with Gasteiger partial charge in [-0.15, -0.1) is 0 Å². The van der Waals surface area contributed by atoms with E-state index in [2.05, 4.69) is 4.74 Å². The lowest BCUT2D eigenvalue weighted by Crippen LogP contribution is -2.16. The van der Waals surface area contributed by atoms with E-state index in [0.717, 1.165) is 6.92 Å². The van der Waals surface area contributed by atoms with Gasteiger partial charge in [-0.3, -0.25) is 13.8 Å². The minimum Gasteiger partial charge on any atom is -0.772 e. The van der Waals surface area contributed by atoms with Crippen molar-refractivity contribution in [2.75, 3.05) is 5.75 Å². The fourth-order valence-corrected chi connectivity index (χ4v) is 0.537. The van der Waals surface area contributed by atoms with E-state index in [1.165, 1.54) is 0 Å². The average Bonchev–Trinajstić information content (AvgIpc) is 1.58. The van der Waals surface area contributed by atoms with Crippen LogP contribution in [0, 0.1) is 0 Å². The van der Waals surface area contributed by atoms with Crippen molar-refractivity contribution in [2.24, 2.45) is 0 Å². The van der Waals surface area contributed by atoms with Crippen LogP contribution < -0.4 is 0 Å². The molecule has 0 fully saturated rings. The second-order valence-corrected chi connectivity index (χ2v) is 2.31. The lowest BCUT2D eigenvalue weighted by Gasteiger charge is -2.01. The smallest absolute Gasteiger partial charge is 0.324 e. The molecule has 10 heavy (non-hydrogen) atoms. The van der Waals surface area contributed by atoms with Gasteiger partial charge in [-0.1, -0.05) is 0 Å². The van der Waals surface area contributed by atoms with Gasteiger partial charge in [-0.2, -0.15) is 0 Å². The molecule has 0 radical (unpaired) electrons. The molecule has 0 aliphatic rings. The number of esters is 2. The molecule has 1 unspecified atom stereocenters. The molecule has 0 saturated carbocycles. The Morgan fingerprint density at radius 2 is 2.10 bits per heavy atom. The van der Waals surface area contributed by atoms with Crippen LogP contribution in [0.3, 0.4) is 0 Å². The molecular weight excluding hydrogens is 160 g/mol. The van der Waals surface area contributed by atoms with Crippen LogP contribution in [0.2, 0.25) is 0 Å². The first-order chi connectivity index (χ1) is 4.52. The van der Waals surface area contributed by atoms with Gasteiger partial charge in [-0.25, -0.2) is 0 Å². The summed E-state index contributed by atoms with van der Waals surface area (Å²) in [6.07, 6.45) is 0. The maximum atomic E-state index is 10.2. The third kappa shape index (κ3) is 5.39. The molecule has 0 saturated heterocycles. The summed E-state index contributed by atoms with van der Waals surface area (Å²) in [5, 5.41) is 0. The van der Waals surface area contributed by atoms with Gasteiger partial charge < -0.3 is 9.29 Å². The molecule has 0 aliphatic carbocycles. The molecule has 58 valence electrons. The van der Waals surface area contributed by atoms with Gasteiger partial charge in [0.25, 0.3) is 0 Å². The normalized spacial score (nSPS) is 12.2. The van der Waals surface area contributed by atoms with Crippen LogP contribution in [0.1, 0.15) is 6.92 Å². The number of rotatable bonds is 2. The van der Waals surface area contributed by atoms with Crippen molar-refractivity contribution in [3.8, 4) is 0 Å². The Hall–Kier alpha value is -0.750. The zero-order valence-corrected chi connectivity index (χ0v) is 5.97. The summed E-state index contributed by atoms with van der Waals surface area (Å²) in [4.78, 5) is 20.2. The van der Waals surface area contributed by atoms with Crippen molar-refractivity contribution in [2.45, 2.75) is 6.92 Å². The molecule has 0 aromatic carbocycles. The standard InChI is InChI=1S/C4H6O5S/c1-3(5)9-4(6)2-10(7)8/h2H2,1H3,(H,7,8)/p-1. The van der Waals surface area contributed by atoms with E-state index in [-0.39, 0.29) is 0 Å². The lowest BCUT2D eigenvalue weighted by molar-refractivity contribution is -0.156. The van der Waals surface area contributed by atoms with Gasteiger partial charge in [0, 0.05) is 6.92 Å². The first kappa shape index (κ1) is 9.25. The van der Waals surface area contributed by atoms with Crippen LogP contribution in [-0.2, 0) is 25.4 Å². The zero-order valence-electron chi connectivity index (χ0n) is 5.16. The predicted octanol–water partition coefficient (Wildman–Crippen LogP) is -1.04. The molecule has 5 nitrogen and oxygen atoms in total. The van der Waals surface area contributed by atoms with Gasteiger partial charge in [-0.05, 0) is 11.1 Å². The molecule has 0 N–H and O–H groups in total. The quantitative estimate of drug-likeness (QED) is 0.296. The first-order valence-electron chi connectivity index (χ1n) is 2.29. The highest BCUT2D eigenvalue weighted by Gasteiger charge is 2.04. The fourth-order valence-electron chi connectivity index (χ4n) is 0.286.